The van der Waals surface area contributed by atoms with E-state index in [9.17, 15) is 0 Å². The lowest BCUT2D eigenvalue weighted by molar-refractivity contribution is 0.171. The zero-order valence-corrected chi connectivity index (χ0v) is 12.4. The van der Waals surface area contributed by atoms with Crippen molar-refractivity contribution in [1.29, 1.82) is 0 Å². The average Bonchev–Trinajstić information content (AvgIpc) is 2.87. The quantitative estimate of drug-likeness (QED) is 0.853. The molecule has 1 aromatic rings. The molecule has 1 saturated heterocycles. The second-order valence-electron chi connectivity index (χ2n) is 5.56. The Bertz CT molecular complexity index is 378. The summed E-state index contributed by atoms with van der Waals surface area (Å²) >= 11 is 0. The van der Waals surface area contributed by atoms with Gasteiger partial charge in [-0.3, -0.25) is 0 Å². The molecule has 1 atom stereocenters. The predicted molar refractivity (Wildman–Crippen MR) is 80.7 cm³/mol. The smallest absolute Gasteiger partial charge is 0.0646 e. The minimum Gasteiger partial charge on any atom is -0.379 e. The highest BCUT2D eigenvalue weighted by molar-refractivity contribution is 5.47. The molecule has 0 spiro atoms. The highest BCUT2D eigenvalue weighted by Gasteiger charge is 2.28. The van der Waals surface area contributed by atoms with Crippen molar-refractivity contribution in [1.82, 2.24) is 5.32 Å². The molecule has 1 aliphatic rings. The van der Waals surface area contributed by atoms with E-state index in [1.165, 1.54) is 11.3 Å². The monoisotopic (exact) mass is 262 g/mol. The lowest BCUT2D eigenvalue weighted by Crippen LogP contribution is -2.42. The lowest BCUT2D eigenvalue weighted by Gasteiger charge is -2.24. The van der Waals surface area contributed by atoms with Crippen LogP contribution in [0.5, 0.6) is 0 Å². The van der Waals surface area contributed by atoms with Gasteiger partial charge in [0, 0.05) is 37.5 Å². The van der Waals surface area contributed by atoms with Gasteiger partial charge in [-0.25, -0.2) is 0 Å². The Morgan fingerprint density at radius 3 is 2.42 bits per heavy atom. The summed E-state index contributed by atoms with van der Waals surface area (Å²) in [6.45, 7) is 11.4. The molecule has 0 bridgehead atoms. The molecule has 0 amide bonds. The lowest BCUT2D eigenvalue weighted by atomic mass is 10.0. The van der Waals surface area contributed by atoms with Crippen molar-refractivity contribution >= 4 is 5.69 Å². The number of hydrogen-bond donors (Lipinski definition) is 1. The molecular formula is C16H26N2O. The van der Waals surface area contributed by atoms with Crippen molar-refractivity contribution in [3.8, 4) is 0 Å². The second kappa shape index (κ2) is 6.40. The Balaban J connectivity index is 1.91. The van der Waals surface area contributed by atoms with Crippen molar-refractivity contribution in [2.75, 3.05) is 31.2 Å². The Hall–Kier alpha value is -1.06. The third kappa shape index (κ3) is 3.71. The molecule has 0 aliphatic carbocycles. The van der Waals surface area contributed by atoms with Crippen LogP contribution >= 0.6 is 0 Å². The fourth-order valence-electron chi connectivity index (χ4n) is 2.54. The van der Waals surface area contributed by atoms with Gasteiger partial charge in [0.15, 0.2) is 0 Å². The molecule has 1 fully saturated rings. The summed E-state index contributed by atoms with van der Waals surface area (Å²) in [6, 6.07) is 8.88. The minimum atomic E-state index is 0.150. The molecule has 3 nitrogen and oxygen atoms in total. The molecule has 0 aromatic heterocycles. The third-order valence-corrected chi connectivity index (χ3v) is 4.00. The highest BCUT2D eigenvalue weighted by atomic mass is 16.5. The summed E-state index contributed by atoms with van der Waals surface area (Å²) in [6.07, 6.45) is 1.10. The number of rotatable bonds is 6. The van der Waals surface area contributed by atoms with E-state index in [-0.39, 0.29) is 5.54 Å². The molecule has 19 heavy (non-hydrogen) atoms. The number of nitrogens with one attached hydrogen (secondary N) is 1. The van der Waals surface area contributed by atoms with E-state index < -0.39 is 0 Å². The Kier molecular flexibility index (Phi) is 4.83. The van der Waals surface area contributed by atoms with E-state index in [1.54, 1.807) is 0 Å². The maximum atomic E-state index is 5.46. The standard InChI is InChI=1S/C16H26N2O/c1-4-18(5-2)15-8-6-14(7-9-15)12-17-16(3)10-11-19-13-16/h6-9,17H,4-5,10-13H2,1-3H3. The van der Waals surface area contributed by atoms with Crippen LogP contribution in [0.2, 0.25) is 0 Å². The van der Waals surface area contributed by atoms with E-state index in [2.05, 4.69) is 55.3 Å². The van der Waals surface area contributed by atoms with Crippen LogP contribution in [0.1, 0.15) is 32.8 Å². The Labute approximate surface area is 116 Å². The third-order valence-electron chi connectivity index (χ3n) is 4.00. The van der Waals surface area contributed by atoms with Gasteiger partial charge in [0.2, 0.25) is 0 Å². The molecule has 1 unspecified atom stereocenters. The molecule has 0 radical (unpaired) electrons. The van der Waals surface area contributed by atoms with Crippen LogP contribution in [0.15, 0.2) is 24.3 Å². The summed E-state index contributed by atoms with van der Waals surface area (Å²) < 4.78 is 5.46. The summed E-state index contributed by atoms with van der Waals surface area (Å²) in [5, 5.41) is 3.61. The van der Waals surface area contributed by atoms with Crippen LogP contribution in [0.3, 0.4) is 0 Å². The van der Waals surface area contributed by atoms with Crippen LogP contribution in [0, 0.1) is 0 Å². The van der Waals surface area contributed by atoms with Crippen LogP contribution in [0.25, 0.3) is 0 Å². The second-order valence-corrected chi connectivity index (χ2v) is 5.56. The zero-order chi connectivity index (χ0) is 13.7. The zero-order valence-electron chi connectivity index (χ0n) is 12.4. The first-order chi connectivity index (χ1) is 9.17. The Morgan fingerprint density at radius 2 is 1.89 bits per heavy atom. The summed E-state index contributed by atoms with van der Waals surface area (Å²) in [5.74, 6) is 0. The fraction of sp³-hybridized carbons (Fsp3) is 0.625. The normalized spacial score (nSPS) is 22.7. The van der Waals surface area contributed by atoms with Crippen molar-refractivity contribution < 1.29 is 4.74 Å². The van der Waals surface area contributed by atoms with Gasteiger partial charge in [-0.15, -0.1) is 0 Å². The molecule has 0 saturated carbocycles. The minimum absolute atomic E-state index is 0.150. The van der Waals surface area contributed by atoms with Gasteiger partial charge in [-0.05, 0) is 44.9 Å². The van der Waals surface area contributed by atoms with E-state index in [0.29, 0.717) is 0 Å². The molecule has 1 heterocycles. The largest absolute Gasteiger partial charge is 0.379 e. The summed E-state index contributed by atoms with van der Waals surface area (Å²) in [5.41, 5.74) is 2.80. The Morgan fingerprint density at radius 1 is 1.21 bits per heavy atom. The van der Waals surface area contributed by atoms with Gasteiger partial charge in [0.1, 0.15) is 0 Å². The van der Waals surface area contributed by atoms with Gasteiger partial charge in [-0.1, -0.05) is 12.1 Å². The highest BCUT2D eigenvalue weighted by Crippen LogP contribution is 2.19. The average molecular weight is 262 g/mol. The van der Waals surface area contributed by atoms with Crippen molar-refractivity contribution in [3.05, 3.63) is 29.8 Å². The molecule has 1 aromatic carbocycles. The SMILES string of the molecule is CCN(CC)c1ccc(CNC2(C)CCOC2)cc1. The number of benzene rings is 1. The maximum Gasteiger partial charge on any atom is 0.0646 e. The van der Waals surface area contributed by atoms with Crippen molar-refractivity contribution in [3.63, 3.8) is 0 Å². The topological polar surface area (TPSA) is 24.5 Å². The molecule has 3 heteroatoms. The molecule has 106 valence electrons. The predicted octanol–water partition coefficient (Wildman–Crippen LogP) is 2.80. The van der Waals surface area contributed by atoms with E-state index in [1.807, 2.05) is 0 Å². The van der Waals surface area contributed by atoms with Crippen LogP contribution in [-0.4, -0.2) is 31.8 Å². The molecule has 1 aliphatic heterocycles. The summed E-state index contributed by atoms with van der Waals surface area (Å²) in [7, 11) is 0. The molecule has 2 rings (SSSR count). The number of hydrogen-bond acceptors (Lipinski definition) is 3. The number of anilines is 1. The van der Waals surface area contributed by atoms with Gasteiger partial charge in [0.25, 0.3) is 0 Å². The number of ether oxygens (including phenoxy) is 1. The first kappa shape index (κ1) is 14.4. The van der Waals surface area contributed by atoms with Crippen molar-refractivity contribution in [2.45, 2.75) is 39.3 Å². The first-order valence-corrected chi connectivity index (χ1v) is 7.33. The number of nitrogens with zero attached hydrogens (tertiary/aromatic N) is 1. The van der Waals surface area contributed by atoms with Crippen LogP contribution < -0.4 is 10.2 Å². The maximum absolute atomic E-state index is 5.46. The first-order valence-electron chi connectivity index (χ1n) is 7.33. The van der Waals surface area contributed by atoms with Crippen LogP contribution in [0.4, 0.5) is 5.69 Å². The van der Waals surface area contributed by atoms with E-state index >= 15 is 0 Å². The molecule has 1 N–H and O–H groups in total. The van der Waals surface area contributed by atoms with Gasteiger partial charge in [-0.2, -0.15) is 0 Å². The van der Waals surface area contributed by atoms with E-state index in [0.717, 1.165) is 39.3 Å². The van der Waals surface area contributed by atoms with Gasteiger partial charge >= 0.3 is 0 Å². The fourth-order valence-corrected chi connectivity index (χ4v) is 2.54. The van der Waals surface area contributed by atoms with Gasteiger partial charge in [0.05, 0.1) is 6.61 Å². The van der Waals surface area contributed by atoms with Gasteiger partial charge < -0.3 is 15.0 Å². The van der Waals surface area contributed by atoms with Crippen molar-refractivity contribution in [2.24, 2.45) is 0 Å². The van der Waals surface area contributed by atoms with Crippen LogP contribution in [-0.2, 0) is 11.3 Å². The molecular weight excluding hydrogens is 236 g/mol. The summed E-state index contributed by atoms with van der Waals surface area (Å²) in [4.78, 5) is 2.36. The van der Waals surface area contributed by atoms with E-state index in [4.69, 9.17) is 4.74 Å².